The van der Waals surface area contributed by atoms with Gasteiger partial charge in [0.25, 0.3) is 5.91 Å². The zero-order chi connectivity index (χ0) is 18.4. The summed E-state index contributed by atoms with van der Waals surface area (Å²) in [6, 6.07) is 12.6. The number of β-amino-alcohol motifs (C(OH)–C–C–N with tert-alkyl or cyclic N) is 1. The van der Waals surface area contributed by atoms with Crippen molar-refractivity contribution in [3.8, 4) is 11.8 Å². The molecule has 1 unspecified atom stereocenters. The first-order chi connectivity index (χ1) is 12.7. The number of nitriles is 1. The molecule has 3 rings (SSSR count). The number of carbonyl (C=O) groups is 1. The van der Waals surface area contributed by atoms with Crippen molar-refractivity contribution in [2.24, 2.45) is 0 Å². The first kappa shape index (κ1) is 18.4. The summed E-state index contributed by atoms with van der Waals surface area (Å²) in [6.45, 7) is 3.52. The number of carbonyl (C=O) groups excluding carboxylic acids is 1. The number of aliphatic hydroxyl groups is 1. The van der Waals surface area contributed by atoms with E-state index in [0.29, 0.717) is 30.9 Å². The number of ether oxygens (including phenoxy) is 1. The summed E-state index contributed by atoms with van der Waals surface area (Å²) >= 11 is 1.46. The molecule has 2 heterocycles. The Morgan fingerprint density at radius 3 is 2.58 bits per heavy atom. The van der Waals surface area contributed by atoms with Crippen LogP contribution in [0.25, 0.3) is 0 Å². The fraction of sp³-hybridized carbons (Fsp3) is 0.368. The lowest BCUT2D eigenvalue weighted by Crippen LogP contribution is -2.50. The summed E-state index contributed by atoms with van der Waals surface area (Å²) in [4.78, 5) is 17.1. The van der Waals surface area contributed by atoms with E-state index in [0.717, 1.165) is 18.0 Å². The molecule has 1 atom stereocenters. The van der Waals surface area contributed by atoms with Crippen molar-refractivity contribution in [1.29, 1.82) is 5.26 Å². The highest BCUT2D eigenvalue weighted by molar-refractivity contribution is 7.12. The van der Waals surface area contributed by atoms with E-state index >= 15 is 0 Å². The molecule has 26 heavy (non-hydrogen) atoms. The average Bonchev–Trinajstić information content (AvgIpc) is 3.21. The van der Waals surface area contributed by atoms with Crippen molar-refractivity contribution in [2.45, 2.75) is 6.10 Å². The normalized spacial score (nSPS) is 16.1. The van der Waals surface area contributed by atoms with Gasteiger partial charge < -0.3 is 14.7 Å². The van der Waals surface area contributed by atoms with Crippen LogP contribution in [0, 0.1) is 11.3 Å². The quantitative estimate of drug-likeness (QED) is 0.838. The molecule has 0 aliphatic carbocycles. The van der Waals surface area contributed by atoms with Crippen molar-refractivity contribution in [3.05, 3.63) is 52.2 Å². The van der Waals surface area contributed by atoms with Crippen LogP contribution >= 0.6 is 11.3 Å². The van der Waals surface area contributed by atoms with Gasteiger partial charge in [-0.1, -0.05) is 6.07 Å². The SMILES string of the molecule is N#Cc1ccc(OCC(O)CN2CCN(C(=O)c3cccs3)CC2)cc1. The fourth-order valence-electron chi connectivity index (χ4n) is 2.86. The molecular formula is C19H21N3O3S. The molecule has 1 saturated heterocycles. The molecule has 0 radical (unpaired) electrons. The van der Waals surface area contributed by atoms with E-state index in [1.165, 1.54) is 11.3 Å². The Balaban J connectivity index is 1.39. The molecule has 7 heteroatoms. The van der Waals surface area contributed by atoms with Crippen molar-refractivity contribution in [2.75, 3.05) is 39.3 Å². The van der Waals surface area contributed by atoms with Crippen LogP contribution in [0.1, 0.15) is 15.2 Å². The van der Waals surface area contributed by atoms with Gasteiger partial charge in [0.2, 0.25) is 0 Å². The van der Waals surface area contributed by atoms with Crippen LogP contribution in [-0.2, 0) is 0 Å². The Kier molecular flexibility index (Phi) is 6.23. The van der Waals surface area contributed by atoms with E-state index < -0.39 is 6.10 Å². The van der Waals surface area contributed by atoms with Crippen LogP contribution in [0.2, 0.25) is 0 Å². The fourth-order valence-corrected chi connectivity index (χ4v) is 3.55. The van der Waals surface area contributed by atoms with E-state index in [-0.39, 0.29) is 12.5 Å². The van der Waals surface area contributed by atoms with E-state index in [9.17, 15) is 9.90 Å². The summed E-state index contributed by atoms with van der Waals surface area (Å²) in [5.74, 6) is 0.721. The molecule has 0 bridgehead atoms. The van der Waals surface area contributed by atoms with Gasteiger partial charge in [-0.05, 0) is 35.7 Å². The molecular weight excluding hydrogens is 350 g/mol. The second kappa shape index (κ2) is 8.81. The zero-order valence-electron chi connectivity index (χ0n) is 14.4. The zero-order valence-corrected chi connectivity index (χ0v) is 15.2. The summed E-state index contributed by atoms with van der Waals surface area (Å²) < 4.78 is 5.57. The Bertz CT molecular complexity index is 747. The van der Waals surface area contributed by atoms with Gasteiger partial charge in [0.15, 0.2) is 0 Å². The second-order valence-electron chi connectivity index (χ2n) is 6.17. The number of nitrogens with zero attached hydrogens (tertiary/aromatic N) is 3. The maximum absolute atomic E-state index is 12.3. The molecule has 1 fully saturated rings. The highest BCUT2D eigenvalue weighted by Crippen LogP contribution is 2.15. The molecule has 6 nitrogen and oxygen atoms in total. The topological polar surface area (TPSA) is 76.8 Å². The van der Waals surface area contributed by atoms with E-state index in [2.05, 4.69) is 11.0 Å². The number of benzene rings is 1. The molecule has 1 amide bonds. The number of aliphatic hydroxyl groups excluding tert-OH is 1. The number of hydrogen-bond acceptors (Lipinski definition) is 6. The van der Waals surface area contributed by atoms with Crippen molar-refractivity contribution >= 4 is 17.2 Å². The highest BCUT2D eigenvalue weighted by atomic mass is 32.1. The van der Waals surface area contributed by atoms with Gasteiger partial charge in [0.05, 0.1) is 16.5 Å². The third-order valence-electron chi connectivity index (χ3n) is 4.29. The van der Waals surface area contributed by atoms with E-state index in [1.807, 2.05) is 22.4 Å². The standard InChI is InChI=1S/C19H21N3O3S/c20-12-15-3-5-17(6-4-15)25-14-16(23)13-21-7-9-22(10-8-21)19(24)18-2-1-11-26-18/h1-6,11,16,23H,7-10,13-14H2. The van der Waals surface area contributed by atoms with Gasteiger partial charge >= 0.3 is 0 Å². The van der Waals surface area contributed by atoms with Gasteiger partial charge in [-0.3, -0.25) is 9.69 Å². The van der Waals surface area contributed by atoms with Gasteiger partial charge in [-0.15, -0.1) is 11.3 Å². The largest absolute Gasteiger partial charge is 0.491 e. The lowest BCUT2D eigenvalue weighted by Gasteiger charge is -2.35. The first-order valence-corrected chi connectivity index (χ1v) is 9.40. The van der Waals surface area contributed by atoms with Crippen LogP contribution in [-0.4, -0.2) is 66.2 Å². The Hall–Kier alpha value is -2.40. The summed E-state index contributed by atoms with van der Waals surface area (Å²) in [5, 5.41) is 20.9. The Morgan fingerprint density at radius 1 is 1.23 bits per heavy atom. The van der Waals surface area contributed by atoms with Crippen LogP contribution in [0.3, 0.4) is 0 Å². The predicted molar refractivity (Wildman–Crippen MR) is 99.3 cm³/mol. The van der Waals surface area contributed by atoms with Gasteiger partial charge in [-0.2, -0.15) is 5.26 Å². The number of piperazine rings is 1. The van der Waals surface area contributed by atoms with Crippen molar-refractivity contribution in [1.82, 2.24) is 9.80 Å². The summed E-state index contributed by atoms with van der Waals surface area (Å²) in [7, 11) is 0. The van der Waals surface area contributed by atoms with Crippen LogP contribution in [0.15, 0.2) is 41.8 Å². The van der Waals surface area contributed by atoms with Gasteiger partial charge in [-0.25, -0.2) is 0 Å². The maximum Gasteiger partial charge on any atom is 0.264 e. The minimum absolute atomic E-state index is 0.0874. The molecule has 2 aromatic rings. The molecule has 0 spiro atoms. The smallest absolute Gasteiger partial charge is 0.264 e. The molecule has 1 aromatic heterocycles. The number of thiophene rings is 1. The third kappa shape index (κ3) is 4.82. The number of rotatable bonds is 6. The minimum Gasteiger partial charge on any atom is -0.491 e. The second-order valence-corrected chi connectivity index (χ2v) is 7.12. The highest BCUT2D eigenvalue weighted by Gasteiger charge is 2.23. The monoisotopic (exact) mass is 371 g/mol. The van der Waals surface area contributed by atoms with E-state index in [1.54, 1.807) is 24.3 Å². The number of hydrogen-bond donors (Lipinski definition) is 1. The molecule has 0 saturated carbocycles. The van der Waals surface area contributed by atoms with Crippen LogP contribution in [0.5, 0.6) is 5.75 Å². The van der Waals surface area contributed by atoms with Crippen molar-refractivity contribution in [3.63, 3.8) is 0 Å². The summed E-state index contributed by atoms with van der Waals surface area (Å²) in [6.07, 6.45) is -0.606. The lowest BCUT2D eigenvalue weighted by atomic mass is 10.2. The molecule has 1 aliphatic heterocycles. The first-order valence-electron chi connectivity index (χ1n) is 8.52. The lowest BCUT2D eigenvalue weighted by molar-refractivity contribution is 0.0406. The minimum atomic E-state index is -0.606. The van der Waals surface area contributed by atoms with Crippen molar-refractivity contribution < 1.29 is 14.6 Å². The summed E-state index contributed by atoms with van der Waals surface area (Å²) in [5.41, 5.74) is 0.577. The van der Waals surface area contributed by atoms with E-state index in [4.69, 9.17) is 10.00 Å². The third-order valence-corrected chi connectivity index (χ3v) is 5.14. The Morgan fingerprint density at radius 2 is 1.96 bits per heavy atom. The maximum atomic E-state index is 12.3. The molecule has 136 valence electrons. The molecule has 1 N–H and O–H groups in total. The molecule has 1 aliphatic rings. The average molecular weight is 371 g/mol. The van der Waals surface area contributed by atoms with Crippen LogP contribution in [0.4, 0.5) is 0 Å². The van der Waals surface area contributed by atoms with Gasteiger partial charge in [0, 0.05) is 32.7 Å². The Labute approximate surface area is 156 Å². The van der Waals surface area contributed by atoms with Gasteiger partial charge in [0.1, 0.15) is 18.5 Å². The number of amides is 1. The predicted octanol–water partition coefficient (Wildman–Crippen LogP) is 1.82. The van der Waals surface area contributed by atoms with Crippen LogP contribution < -0.4 is 4.74 Å². The molecule has 1 aromatic carbocycles.